The SMILES string of the molecule is COc1ccc(OC2=CC(F)([N+](=O)[O-])CC=C2)cc1. The minimum atomic E-state index is -2.60. The van der Waals surface area contributed by atoms with Crippen LogP contribution >= 0.6 is 0 Å². The summed E-state index contributed by atoms with van der Waals surface area (Å²) in [5.74, 6) is -1.39. The van der Waals surface area contributed by atoms with Crippen molar-refractivity contribution in [3.05, 3.63) is 58.4 Å². The summed E-state index contributed by atoms with van der Waals surface area (Å²) in [4.78, 5) is 9.67. The Bertz CT molecular complexity index is 538. The van der Waals surface area contributed by atoms with E-state index in [0.29, 0.717) is 11.5 Å². The summed E-state index contributed by atoms with van der Waals surface area (Å²) in [6, 6.07) is 6.62. The Kier molecular flexibility index (Phi) is 3.50. The first-order chi connectivity index (χ1) is 9.03. The van der Waals surface area contributed by atoms with Gasteiger partial charge in [0, 0.05) is 0 Å². The zero-order valence-electron chi connectivity index (χ0n) is 10.2. The molecule has 2 rings (SSSR count). The number of methoxy groups -OCH3 is 1. The number of allylic oxidation sites excluding steroid dienone is 1. The second-order valence-corrected chi connectivity index (χ2v) is 4.01. The molecular weight excluding hydrogens is 253 g/mol. The van der Waals surface area contributed by atoms with E-state index in [9.17, 15) is 14.5 Å². The van der Waals surface area contributed by atoms with Gasteiger partial charge in [-0.05, 0) is 30.3 Å². The smallest absolute Gasteiger partial charge is 0.385 e. The third-order valence-corrected chi connectivity index (χ3v) is 2.65. The monoisotopic (exact) mass is 265 g/mol. The number of nitro groups is 1. The van der Waals surface area contributed by atoms with Crippen LogP contribution in [-0.4, -0.2) is 17.8 Å². The lowest BCUT2D eigenvalue weighted by Gasteiger charge is -2.16. The molecule has 0 aliphatic heterocycles. The van der Waals surface area contributed by atoms with Gasteiger partial charge in [0.1, 0.15) is 17.3 Å². The van der Waals surface area contributed by atoms with Crippen LogP contribution in [0, 0.1) is 10.1 Å². The number of nitrogens with zero attached hydrogens (tertiary/aromatic N) is 1. The molecule has 0 spiro atoms. The predicted octanol–water partition coefficient (Wildman–Crippen LogP) is 2.86. The molecular formula is C13H12FNO4. The molecule has 0 amide bonds. The number of hydrogen-bond acceptors (Lipinski definition) is 4. The van der Waals surface area contributed by atoms with E-state index >= 15 is 0 Å². The first-order valence-electron chi connectivity index (χ1n) is 5.58. The molecule has 0 bridgehead atoms. The molecule has 0 fully saturated rings. The van der Waals surface area contributed by atoms with Gasteiger partial charge in [0.15, 0.2) is 0 Å². The van der Waals surface area contributed by atoms with E-state index in [2.05, 4.69) is 0 Å². The van der Waals surface area contributed by atoms with Gasteiger partial charge in [-0.1, -0.05) is 6.08 Å². The van der Waals surface area contributed by atoms with Crippen molar-refractivity contribution in [1.82, 2.24) is 0 Å². The number of rotatable bonds is 4. The molecule has 100 valence electrons. The van der Waals surface area contributed by atoms with Crippen molar-refractivity contribution < 1.29 is 18.8 Å². The van der Waals surface area contributed by atoms with Crippen molar-refractivity contribution in [2.75, 3.05) is 7.11 Å². The van der Waals surface area contributed by atoms with E-state index < -0.39 is 10.7 Å². The van der Waals surface area contributed by atoms with Crippen LogP contribution in [-0.2, 0) is 0 Å². The Hall–Kier alpha value is -2.37. The highest BCUT2D eigenvalue weighted by Crippen LogP contribution is 2.28. The van der Waals surface area contributed by atoms with Gasteiger partial charge in [0.25, 0.3) is 0 Å². The largest absolute Gasteiger partial charge is 0.497 e. The molecule has 1 unspecified atom stereocenters. The summed E-state index contributed by atoms with van der Waals surface area (Å²) in [6.45, 7) is 0. The average molecular weight is 265 g/mol. The maximum absolute atomic E-state index is 13.8. The van der Waals surface area contributed by atoms with E-state index in [4.69, 9.17) is 9.47 Å². The maximum Gasteiger partial charge on any atom is 0.385 e. The second-order valence-electron chi connectivity index (χ2n) is 4.01. The topological polar surface area (TPSA) is 61.6 Å². The molecule has 0 saturated carbocycles. The van der Waals surface area contributed by atoms with E-state index in [1.54, 1.807) is 24.3 Å². The van der Waals surface area contributed by atoms with Crippen molar-refractivity contribution in [1.29, 1.82) is 0 Å². The Morgan fingerprint density at radius 1 is 1.32 bits per heavy atom. The van der Waals surface area contributed by atoms with Crippen LogP contribution in [0.25, 0.3) is 0 Å². The van der Waals surface area contributed by atoms with Crippen molar-refractivity contribution in [2.45, 2.75) is 12.2 Å². The maximum atomic E-state index is 13.8. The van der Waals surface area contributed by atoms with Gasteiger partial charge in [0.05, 0.1) is 24.5 Å². The van der Waals surface area contributed by atoms with Crippen molar-refractivity contribution in [2.24, 2.45) is 0 Å². The van der Waals surface area contributed by atoms with Crippen LogP contribution in [0.4, 0.5) is 4.39 Å². The molecule has 1 atom stereocenters. The van der Waals surface area contributed by atoms with Crippen molar-refractivity contribution >= 4 is 0 Å². The number of benzene rings is 1. The van der Waals surface area contributed by atoms with E-state index in [1.807, 2.05) is 0 Å². The quantitative estimate of drug-likeness (QED) is 0.477. The number of hydrogen-bond donors (Lipinski definition) is 0. The summed E-state index contributed by atoms with van der Waals surface area (Å²) in [5.41, 5.74) is 0. The molecule has 1 aromatic carbocycles. The number of ether oxygens (including phenoxy) is 2. The summed E-state index contributed by atoms with van der Waals surface area (Å²) in [5, 5.41) is 10.6. The minimum Gasteiger partial charge on any atom is -0.497 e. The molecule has 0 heterocycles. The lowest BCUT2D eigenvalue weighted by Crippen LogP contribution is -2.32. The Morgan fingerprint density at radius 2 is 1.95 bits per heavy atom. The zero-order valence-corrected chi connectivity index (χ0v) is 10.2. The fourth-order valence-electron chi connectivity index (χ4n) is 1.64. The standard InChI is InChI=1S/C13H12FNO4/c1-18-10-4-6-11(7-5-10)19-12-3-2-8-13(14,9-12)15(16)17/h2-7,9H,8H2,1H3. The molecule has 6 heteroatoms. The van der Waals surface area contributed by atoms with Gasteiger partial charge in [-0.25, -0.2) is 0 Å². The van der Waals surface area contributed by atoms with Crippen LogP contribution in [0.1, 0.15) is 6.42 Å². The molecule has 0 saturated heterocycles. The first-order valence-corrected chi connectivity index (χ1v) is 5.58. The highest BCUT2D eigenvalue weighted by molar-refractivity contribution is 5.34. The van der Waals surface area contributed by atoms with Gasteiger partial charge in [-0.15, -0.1) is 0 Å². The Labute approximate surface area is 109 Å². The van der Waals surface area contributed by atoms with Crippen molar-refractivity contribution in [3.63, 3.8) is 0 Å². The highest BCUT2D eigenvalue weighted by atomic mass is 19.1. The van der Waals surface area contributed by atoms with Crippen LogP contribution in [0.15, 0.2) is 48.3 Å². The molecule has 1 aliphatic carbocycles. The lowest BCUT2D eigenvalue weighted by atomic mass is 10.1. The van der Waals surface area contributed by atoms with Crippen LogP contribution in [0.2, 0.25) is 0 Å². The van der Waals surface area contributed by atoms with Crippen LogP contribution in [0.5, 0.6) is 11.5 Å². The molecule has 1 aliphatic rings. The Balaban J connectivity index is 2.15. The second kappa shape index (κ2) is 5.09. The van der Waals surface area contributed by atoms with Crippen molar-refractivity contribution in [3.8, 4) is 11.5 Å². The number of halogens is 1. The fourth-order valence-corrected chi connectivity index (χ4v) is 1.64. The molecule has 0 radical (unpaired) electrons. The normalized spacial score (nSPS) is 21.7. The molecule has 0 N–H and O–H groups in total. The number of alkyl halides is 1. The summed E-state index contributed by atoms with van der Waals surface area (Å²) >= 11 is 0. The molecule has 5 nitrogen and oxygen atoms in total. The zero-order chi connectivity index (χ0) is 13.9. The molecule has 0 aromatic heterocycles. The van der Waals surface area contributed by atoms with E-state index in [1.165, 1.54) is 19.3 Å². The fraction of sp³-hybridized carbons (Fsp3) is 0.231. The summed E-state index contributed by atoms with van der Waals surface area (Å²) in [7, 11) is 1.54. The van der Waals surface area contributed by atoms with Crippen LogP contribution < -0.4 is 9.47 Å². The molecule has 1 aromatic rings. The summed E-state index contributed by atoms with van der Waals surface area (Å²) < 4.78 is 24.2. The van der Waals surface area contributed by atoms with Gasteiger partial charge < -0.3 is 9.47 Å². The summed E-state index contributed by atoms with van der Waals surface area (Å²) in [6.07, 6.45) is 3.46. The third-order valence-electron chi connectivity index (χ3n) is 2.65. The third kappa shape index (κ3) is 2.90. The first kappa shape index (κ1) is 13.1. The van der Waals surface area contributed by atoms with Gasteiger partial charge in [-0.3, -0.25) is 10.1 Å². The lowest BCUT2D eigenvalue weighted by molar-refractivity contribution is -0.589. The highest BCUT2D eigenvalue weighted by Gasteiger charge is 2.41. The van der Waals surface area contributed by atoms with Gasteiger partial charge >= 0.3 is 5.79 Å². The minimum absolute atomic E-state index is 0.107. The molecule has 19 heavy (non-hydrogen) atoms. The van der Waals surface area contributed by atoms with Gasteiger partial charge in [0.2, 0.25) is 0 Å². The van der Waals surface area contributed by atoms with E-state index in [0.717, 1.165) is 6.08 Å². The van der Waals surface area contributed by atoms with Gasteiger partial charge in [-0.2, -0.15) is 4.39 Å². The predicted molar refractivity (Wildman–Crippen MR) is 66.3 cm³/mol. The Morgan fingerprint density at radius 3 is 2.53 bits per heavy atom. The average Bonchev–Trinajstić information content (AvgIpc) is 2.39. The van der Waals surface area contributed by atoms with E-state index in [-0.39, 0.29) is 12.2 Å². The van der Waals surface area contributed by atoms with Crippen LogP contribution in [0.3, 0.4) is 0 Å².